The number of carbonyl (C=O) groups is 3. The fourth-order valence-electron chi connectivity index (χ4n) is 3.59. The van der Waals surface area contributed by atoms with Crippen molar-refractivity contribution in [2.75, 3.05) is 7.11 Å². The average molecular weight is 573 g/mol. The lowest BCUT2D eigenvalue weighted by molar-refractivity contribution is -0.145. The Kier molecular flexibility index (Phi) is 10.9. The molecule has 13 heteroatoms. The molecule has 0 radical (unpaired) electrons. The van der Waals surface area contributed by atoms with Crippen LogP contribution in [0.4, 0.5) is 13.2 Å². The highest BCUT2D eigenvalue weighted by atomic mass is 32.2. The number of methoxy groups -OCH3 is 1. The first-order valence-corrected chi connectivity index (χ1v) is 13.5. The van der Waals surface area contributed by atoms with Crippen molar-refractivity contribution in [1.82, 2.24) is 10.6 Å². The van der Waals surface area contributed by atoms with Gasteiger partial charge in [-0.1, -0.05) is 51.5 Å². The van der Waals surface area contributed by atoms with Crippen molar-refractivity contribution in [3.63, 3.8) is 0 Å². The van der Waals surface area contributed by atoms with Crippen LogP contribution in [0.5, 0.6) is 5.75 Å². The van der Waals surface area contributed by atoms with Crippen LogP contribution in [-0.4, -0.2) is 50.9 Å². The van der Waals surface area contributed by atoms with Crippen molar-refractivity contribution < 1.29 is 44.9 Å². The fraction of sp³-hybridized carbons (Fsp3) is 0.423. The smallest absolute Gasteiger partial charge is 0.467 e. The van der Waals surface area contributed by atoms with Gasteiger partial charge in [-0.15, -0.1) is 0 Å². The monoisotopic (exact) mass is 572 g/mol. The molecule has 9 nitrogen and oxygen atoms in total. The first-order chi connectivity index (χ1) is 18.2. The number of amides is 2. The molecule has 2 aromatic carbocycles. The van der Waals surface area contributed by atoms with E-state index in [2.05, 4.69) is 14.8 Å². The second-order valence-electron chi connectivity index (χ2n) is 9.11. The molecule has 0 spiro atoms. The molecular formula is C26H31F3N2O7S. The quantitative estimate of drug-likeness (QED) is 0.222. The van der Waals surface area contributed by atoms with Crippen LogP contribution in [0.3, 0.4) is 0 Å². The second-order valence-corrected chi connectivity index (χ2v) is 10.7. The number of benzene rings is 2. The van der Waals surface area contributed by atoms with Crippen molar-refractivity contribution in [1.29, 1.82) is 0 Å². The predicted octanol–water partition coefficient (Wildman–Crippen LogP) is 4.18. The van der Waals surface area contributed by atoms with Crippen LogP contribution in [-0.2, 0) is 24.4 Å². The Hall–Kier alpha value is -3.61. The number of ether oxygens (including phenoxy) is 1. The van der Waals surface area contributed by atoms with E-state index in [1.807, 2.05) is 20.8 Å². The van der Waals surface area contributed by atoms with Crippen LogP contribution < -0.4 is 14.8 Å². The number of esters is 1. The molecule has 0 heterocycles. The Morgan fingerprint density at radius 3 is 1.90 bits per heavy atom. The molecule has 0 aliphatic carbocycles. The minimum atomic E-state index is -5.78. The molecule has 0 bridgehead atoms. The van der Waals surface area contributed by atoms with Gasteiger partial charge in [0.15, 0.2) is 0 Å². The molecular weight excluding hydrogens is 541 g/mol. The third-order valence-electron chi connectivity index (χ3n) is 5.53. The zero-order valence-corrected chi connectivity index (χ0v) is 22.7. The van der Waals surface area contributed by atoms with Gasteiger partial charge in [-0.25, -0.2) is 4.79 Å². The Morgan fingerprint density at radius 1 is 0.897 bits per heavy atom. The van der Waals surface area contributed by atoms with Gasteiger partial charge >= 0.3 is 21.6 Å². The van der Waals surface area contributed by atoms with Gasteiger partial charge in [0.1, 0.15) is 17.8 Å². The second kappa shape index (κ2) is 13.5. The van der Waals surface area contributed by atoms with Gasteiger partial charge in [0.05, 0.1) is 7.11 Å². The van der Waals surface area contributed by atoms with Crippen molar-refractivity contribution in [2.45, 2.75) is 57.6 Å². The van der Waals surface area contributed by atoms with E-state index in [0.717, 1.165) is 12.1 Å². The Labute approximate surface area is 225 Å². The summed E-state index contributed by atoms with van der Waals surface area (Å²) in [5.74, 6) is -2.04. The topological polar surface area (TPSA) is 128 Å². The van der Waals surface area contributed by atoms with Gasteiger partial charge in [-0.2, -0.15) is 21.6 Å². The minimum Gasteiger partial charge on any atom is -0.467 e. The van der Waals surface area contributed by atoms with Crippen molar-refractivity contribution >= 4 is 27.9 Å². The van der Waals surface area contributed by atoms with Crippen LogP contribution in [0.2, 0.25) is 0 Å². The van der Waals surface area contributed by atoms with Crippen molar-refractivity contribution in [3.05, 3.63) is 54.1 Å². The first kappa shape index (κ1) is 31.6. The van der Waals surface area contributed by atoms with Gasteiger partial charge < -0.3 is 19.6 Å². The maximum absolute atomic E-state index is 12.9. The number of hydrogen-bond acceptors (Lipinski definition) is 7. The molecule has 2 atom stereocenters. The highest BCUT2D eigenvalue weighted by Gasteiger charge is 2.48. The summed E-state index contributed by atoms with van der Waals surface area (Å²) in [5.41, 5.74) is -4.18. The molecule has 2 amide bonds. The number of nitrogens with one attached hydrogen (secondary N) is 2. The third-order valence-corrected chi connectivity index (χ3v) is 6.51. The van der Waals surface area contributed by atoms with Gasteiger partial charge in [-0.05, 0) is 54.2 Å². The average Bonchev–Trinajstić information content (AvgIpc) is 2.87. The maximum atomic E-state index is 12.9. The zero-order chi connectivity index (χ0) is 29.4. The Bertz CT molecular complexity index is 1250. The molecule has 2 unspecified atom stereocenters. The summed E-state index contributed by atoms with van der Waals surface area (Å²) in [6.45, 7) is 5.64. The van der Waals surface area contributed by atoms with Crippen molar-refractivity contribution in [2.24, 2.45) is 5.92 Å². The summed E-state index contributed by atoms with van der Waals surface area (Å²) in [7, 11) is -4.55. The largest absolute Gasteiger partial charge is 0.534 e. The third kappa shape index (κ3) is 8.98. The summed E-state index contributed by atoms with van der Waals surface area (Å²) in [5, 5.41) is 5.35. The number of rotatable bonds is 12. The zero-order valence-electron chi connectivity index (χ0n) is 21.9. The first-order valence-electron chi connectivity index (χ1n) is 12.1. The number of alkyl halides is 3. The summed E-state index contributed by atoms with van der Waals surface area (Å²) in [4.78, 5) is 37.8. The fourth-order valence-corrected chi connectivity index (χ4v) is 4.05. The summed E-state index contributed by atoms with van der Waals surface area (Å²) >= 11 is 0. The lowest BCUT2D eigenvalue weighted by Gasteiger charge is -2.23. The molecule has 0 saturated heterocycles. The molecule has 0 aliphatic rings. The number of carbonyl (C=O) groups excluding carboxylic acids is 3. The summed E-state index contributed by atoms with van der Waals surface area (Å²) < 4.78 is 68.6. The van der Waals surface area contributed by atoms with E-state index in [-0.39, 0.29) is 11.5 Å². The molecule has 0 aromatic heterocycles. The Morgan fingerprint density at radius 2 is 1.44 bits per heavy atom. The van der Waals surface area contributed by atoms with E-state index in [4.69, 9.17) is 4.74 Å². The van der Waals surface area contributed by atoms with Crippen LogP contribution in [0.1, 0.15) is 50.4 Å². The van der Waals surface area contributed by atoms with Crippen LogP contribution in [0, 0.1) is 5.92 Å². The molecule has 0 fully saturated rings. The van der Waals surface area contributed by atoms with Gasteiger partial charge in [0, 0.05) is 5.56 Å². The normalized spacial score (nSPS) is 13.3. The van der Waals surface area contributed by atoms with E-state index >= 15 is 0 Å². The molecule has 2 N–H and O–H groups in total. The molecule has 214 valence electrons. The van der Waals surface area contributed by atoms with Gasteiger partial charge in [-0.3, -0.25) is 9.59 Å². The van der Waals surface area contributed by atoms with E-state index < -0.39 is 51.2 Å². The minimum absolute atomic E-state index is 0.0595. The summed E-state index contributed by atoms with van der Waals surface area (Å²) in [6, 6.07) is 9.34. The lowest BCUT2D eigenvalue weighted by atomic mass is 10.0. The van der Waals surface area contributed by atoms with Crippen molar-refractivity contribution in [3.8, 4) is 16.9 Å². The highest BCUT2D eigenvalue weighted by Crippen LogP contribution is 2.29. The standard InChI is InChI=1S/C26H31F3N2O7S/c1-5-6-21(25(34)37-4)30-24(33)22(15-16(2)3)31-23(32)19-9-7-17(8-10-19)18-11-13-20(14-12-18)38-39(35,36)26(27,28)29/h7-14,16,21-22H,5-6,15H2,1-4H3,(H,30,33)(H,31,32). The van der Waals surface area contributed by atoms with Gasteiger partial charge in [0.2, 0.25) is 5.91 Å². The predicted molar refractivity (Wildman–Crippen MR) is 137 cm³/mol. The lowest BCUT2D eigenvalue weighted by Crippen LogP contribution is -2.52. The van der Waals surface area contributed by atoms with Crippen LogP contribution in [0.15, 0.2) is 48.5 Å². The van der Waals surface area contributed by atoms with E-state index in [1.54, 1.807) is 12.1 Å². The molecule has 2 aromatic rings. The molecule has 0 aliphatic heterocycles. The number of hydrogen-bond donors (Lipinski definition) is 2. The summed E-state index contributed by atoms with van der Waals surface area (Å²) in [6.07, 6.45) is 1.34. The Balaban J connectivity index is 2.13. The van der Waals surface area contributed by atoms with Crippen LogP contribution >= 0.6 is 0 Å². The molecule has 2 rings (SSSR count). The van der Waals surface area contributed by atoms with Gasteiger partial charge in [0.25, 0.3) is 5.91 Å². The van der Waals surface area contributed by atoms with Crippen LogP contribution in [0.25, 0.3) is 11.1 Å². The molecule has 0 saturated carbocycles. The van der Waals surface area contributed by atoms with E-state index in [1.165, 1.54) is 31.4 Å². The highest BCUT2D eigenvalue weighted by molar-refractivity contribution is 7.88. The SMILES string of the molecule is CCCC(NC(=O)C(CC(C)C)NC(=O)c1ccc(-c2ccc(OS(=O)(=O)C(F)(F)F)cc2)cc1)C(=O)OC. The van der Waals surface area contributed by atoms with E-state index in [0.29, 0.717) is 30.4 Å². The number of halogens is 3. The van der Waals surface area contributed by atoms with E-state index in [9.17, 15) is 36.0 Å². The maximum Gasteiger partial charge on any atom is 0.534 e. The molecule has 39 heavy (non-hydrogen) atoms.